The molecule has 1 aliphatic carbocycles. The number of benzene rings is 1. The molecule has 98 valence electrons. The maximum Gasteiger partial charge on any atom is 0.306 e. The van der Waals surface area contributed by atoms with E-state index in [4.69, 9.17) is 5.11 Å². The molecule has 0 atom stereocenters. The Balaban J connectivity index is 1.91. The fraction of sp³-hybridized carbons (Fsp3) is 0.500. The average Bonchev–Trinajstić information content (AvgIpc) is 2.34. The van der Waals surface area contributed by atoms with Crippen molar-refractivity contribution in [3.05, 3.63) is 35.4 Å². The molecule has 0 aromatic heterocycles. The van der Waals surface area contributed by atoms with Crippen molar-refractivity contribution in [2.24, 2.45) is 11.8 Å². The molecule has 4 heteroatoms. The largest absolute Gasteiger partial charge is 0.481 e. The van der Waals surface area contributed by atoms with Crippen molar-refractivity contribution in [2.45, 2.75) is 32.1 Å². The number of rotatable bonds is 3. The van der Waals surface area contributed by atoms with Gasteiger partial charge in [-0.25, -0.2) is 8.78 Å². The minimum atomic E-state index is -0.826. The third-order valence-corrected chi connectivity index (χ3v) is 3.70. The zero-order valence-corrected chi connectivity index (χ0v) is 10.0. The summed E-state index contributed by atoms with van der Waals surface area (Å²) in [6, 6.07) is 3.98. The van der Waals surface area contributed by atoms with Gasteiger partial charge in [0.1, 0.15) is 0 Å². The van der Waals surface area contributed by atoms with Crippen molar-refractivity contribution < 1.29 is 18.7 Å². The third-order valence-electron chi connectivity index (χ3n) is 3.70. The molecule has 0 unspecified atom stereocenters. The van der Waals surface area contributed by atoms with Crippen molar-refractivity contribution >= 4 is 5.97 Å². The molecule has 0 saturated heterocycles. The molecule has 0 bridgehead atoms. The van der Waals surface area contributed by atoms with E-state index in [9.17, 15) is 13.6 Å². The smallest absolute Gasteiger partial charge is 0.306 e. The van der Waals surface area contributed by atoms with E-state index in [2.05, 4.69) is 0 Å². The van der Waals surface area contributed by atoms with E-state index < -0.39 is 17.6 Å². The summed E-state index contributed by atoms with van der Waals surface area (Å²) in [7, 11) is 0. The Morgan fingerprint density at radius 3 is 2.39 bits per heavy atom. The Morgan fingerprint density at radius 1 is 1.17 bits per heavy atom. The first-order valence-electron chi connectivity index (χ1n) is 6.23. The molecular formula is C14H16F2O2. The molecule has 2 rings (SSSR count). The molecule has 1 N–H and O–H groups in total. The number of hydrogen-bond acceptors (Lipinski definition) is 1. The fourth-order valence-corrected chi connectivity index (χ4v) is 2.61. The predicted molar refractivity (Wildman–Crippen MR) is 63.1 cm³/mol. The van der Waals surface area contributed by atoms with Gasteiger partial charge in [-0.2, -0.15) is 0 Å². The van der Waals surface area contributed by atoms with Crippen LogP contribution >= 0.6 is 0 Å². The van der Waals surface area contributed by atoms with E-state index in [1.807, 2.05) is 0 Å². The van der Waals surface area contributed by atoms with E-state index in [1.54, 1.807) is 6.07 Å². The van der Waals surface area contributed by atoms with Crippen molar-refractivity contribution in [3.8, 4) is 0 Å². The normalized spacial score (nSPS) is 23.9. The zero-order chi connectivity index (χ0) is 13.1. The highest BCUT2D eigenvalue weighted by molar-refractivity contribution is 5.69. The van der Waals surface area contributed by atoms with Crippen LogP contribution in [0.4, 0.5) is 8.78 Å². The molecule has 1 saturated carbocycles. The van der Waals surface area contributed by atoms with Gasteiger partial charge in [0.25, 0.3) is 0 Å². The van der Waals surface area contributed by atoms with Crippen LogP contribution in [0, 0.1) is 23.5 Å². The Bertz CT molecular complexity index is 437. The molecule has 0 heterocycles. The van der Waals surface area contributed by atoms with Crippen molar-refractivity contribution in [2.75, 3.05) is 0 Å². The van der Waals surface area contributed by atoms with Gasteiger partial charge in [-0.15, -0.1) is 0 Å². The monoisotopic (exact) mass is 254 g/mol. The van der Waals surface area contributed by atoms with Crippen LogP contribution in [0.2, 0.25) is 0 Å². The van der Waals surface area contributed by atoms with Crippen LogP contribution in [0.15, 0.2) is 18.2 Å². The lowest BCUT2D eigenvalue weighted by molar-refractivity contribution is -0.143. The second-order valence-electron chi connectivity index (χ2n) is 5.01. The molecule has 2 nitrogen and oxygen atoms in total. The average molecular weight is 254 g/mol. The first-order chi connectivity index (χ1) is 8.56. The second-order valence-corrected chi connectivity index (χ2v) is 5.01. The van der Waals surface area contributed by atoms with Gasteiger partial charge in [0.05, 0.1) is 5.92 Å². The highest BCUT2D eigenvalue weighted by Gasteiger charge is 2.25. The van der Waals surface area contributed by atoms with Gasteiger partial charge in [0.15, 0.2) is 11.6 Å². The lowest BCUT2D eigenvalue weighted by Crippen LogP contribution is -2.22. The number of halogens is 2. The van der Waals surface area contributed by atoms with Crippen molar-refractivity contribution in [1.82, 2.24) is 0 Å². The van der Waals surface area contributed by atoms with E-state index in [1.165, 1.54) is 6.07 Å². The van der Waals surface area contributed by atoms with Crippen LogP contribution in [0.1, 0.15) is 31.2 Å². The standard InChI is InChI=1S/C14H16F2O2/c15-12-6-3-10(8-13(12)16)7-9-1-4-11(5-2-9)14(17)18/h3,6,8-9,11H,1-2,4-5,7H2,(H,17,18). The fourth-order valence-electron chi connectivity index (χ4n) is 2.61. The molecule has 0 amide bonds. The van der Waals surface area contributed by atoms with Gasteiger partial charge in [0.2, 0.25) is 0 Å². The topological polar surface area (TPSA) is 37.3 Å². The molecule has 0 spiro atoms. The number of hydrogen-bond donors (Lipinski definition) is 1. The molecule has 0 aliphatic heterocycles. The van der Waals surface area contributed by atoms with Crippen LogP contribution < -0.4 is 0 Å². The van der Waals surface area contributed by atoms with Gasteiger partial charge in [-0.3, -0.25) is 4.79 Å². The maximum absolute atomic E-state index is 13.0. The van der Waals surface area contributed by atoms with Crippen molar-refractivity contribution in [3.63, 3.8) is 0 Å². The molecule has 18 heavy (non-hydrogen) atoms. The Kier molecular flexibility index (Phi) is 3.94. The Labute approximate surface area is 105 Å². The second kappa shape index (κ2) is 5.46. The van der Waals surface area contributed by atoms with Crippen LogP contribution in [0.3, 0.4) is 0 Å². The first kappa shape index (κ1) is 13.0. The predicted octanol–water partition coefficient (Wildman–Crippen LogP) is 3.40. The SMILES string of the molecule is O=C(O)C1CCC(Cc2ccc(F)c(F)c2)CC1. The molecule has 1 aromatic carbocycles. The number of aliphatic carboxylic acids is 1. The Morgan fingerprint density at radius 2 is 1.83 bits per heavy atom. The van der Waals surface area contributed by atoms with E-state index in [0.29, 0.717) is 25.2 Å². The van der Waals surface area contributed by atoms with Crippen LogP contribution in [0.5, 0.6) is 0 Å². The molecule has 1 aromatic rings. The van der Waals surface area contributed by atoms with Crippen LogP contribution in [0.25, 0.3) is 0 Å². The van der Waals surface area contributed by atoms with Crippen LogP contribution in [-0.2, 0) is 11.2 Å². The maximum atomic E-state index is 13.0. The minimum Gasteiger partial charge on any atom is -0.481 e. The quantitative estimate of drug-likeness (QED) is 0.897. The molecular weight excluding hydrogens is 238 g/mol. The summed E-state index contributed by atoms with van der Waals surface area (Å²) in [4.78, 5) is 10.8. The lowest BCUT2D eigenvalue weighted by Gasteiger charge is -2.26. The summed E-state index contributed by atoms with van der Waals surface area (Å²) in [6.07, 6.45) is 3.75. The summed E-state index contributed by atoms with van der Waals surface area (Å²) in [5.41, 5.74) is 0.785. The van der Waals surface area contributed by atoms with E-state index >= 15 is 0 Å². The Hall–Kier alpha value is -1.45. The van der Waals surface area contributed by atoms with E-state index in [0.717, 1.165) is 24.5 Å². The molecule has 1 aliphatic rings. The summed E-state index contributed by atoms with van der Waals surface area (Å²) < 4.78 is 25.8. The van der Waals surface area contributed by atoms with Gasteiger partial charge < -0.3 is 5.11 Å². The van der Waals surface area contributed by atoms with Gasteiger partial charge in [-0.1, -0.05) is 6.07 Å². The lowest BCUT2D eigenvalue weighted by atomic mass is 9.79. The zero-order valence-electron chi connectivity index (χ0n) is 10.0. The van der Waals surface area contributed by atoms with Crippen molar-refractivity contribution in [1.29, 1.82) is 0 Å². The van der Waals surface area contributed by atoms with Crippen LogP contribution in [-0.4, -0.2) is 11.1 Å². The summed E-state index contributed by atoms with van der Waals surface area (Å²) >= 11 is 0. The summed E-state index contributed by atoms with van der Waals surface area (Å²) in [5.74, 6) is -2.21. The molecule has 0 radical (unpaired) electrons. The highest BCUT2D eigenvalue weighted by atomic mass is 19.2. The van der Waals surface area contributed by atoms with Gasteiger partial charge >= 0.3 is 5.97 Å². The minimum absolute atomic E-state index is 0.230. The highest BCUT2D eigenvalue weighted by Crippen LogP contribution is 2.31. The summed E-state index contributed by atoms with van der Waals surface area (Å²) in [6.45, 7) is 0. The third kappa shape index (κ3) is 3.06. The molecule has 1 fully saturated rings. The first-order valence-corrected chi connectivity index (χ1v) is 6.23. The number of carbonyl (C=O) groups is 1. The van der Waals surface area contributed by atoms with Gasteiger partial charge in [-0.05, 0) is 55.7 Å². The van der Waals surface area contributed by atoms with Gasteiger partial charge in [0, 0.05) is 0 Å². The van der Waals surface area contributed by atoms with E-state index in [-0.39, 0.29) is 5.92 Å². The number of carboxylic acid groups (broad SMARTS) is 1. The number of carboxylic acids is 1. The summed E-state index contributed by atoms with van der Waals surface area (Å²) in [5, 5.41) is 8.89.